The Balaban J connectivity index is 2.47. The number of nitrogens with zero attached hydrogens (tertiary/aromatic N) is 1. The highest BCUT2D eigenvalue weighted by atomic mass is 35.5. The van der Waals surface area contributed by atoms with E-state index in [1.165, 1.54) is 0 Å². The van der Waals surface area contributed by atoms with E-state index in [0.29, 0.717) is 4.90 Å². The molecule has 0 radical (unpaired) electrons. The van der Waals surface area contributed by atoms with Gasteiger partial charge < -0.3 is 9.84 Å². The number of carboxylic acids is 1. The molecule has 0 aliphatic carbocycles. The average Bonchev–Trinajstić information content (AvgIpc) is 2.32. The highest BCUT2D eigenvalue weighted by molar-refractivity contribution is 7.92. The van der Waals surface area contributed by atoms with Crippen LogP contribution in [-0.2, 0) is 29.0 Å². The number of carboxylic acid groups (broad SMARTS) is 1. The summed E-state index contributed by atoms with van der Waals surface area (Å²) in [7, 11) is -3.81. The largest absolute Gasteiger partial charge is 0.477 e. The van der Waals surface area contributed by atoms with Crippen LogP contribution in [0.25, 0.3) is 0 Å². The number of β-lactam (4-membered cyclic amide) rings is 1. The first kappa shape index (κ1) is 14.8. The first-order chi connectivity index (χ1) is 9.16. The predicted octanol–water partition coefficient (Wildman–Crippen LogP) is -0.908. The molecule has 2 aliphatic rings. The minimum Gasteiger partial charge on any atom is -0.477 e. The predicted molar refractivity (Wildman–Crippen MR) is 65.4 cm³/mol. The monoisotopic (exact) mass is 323 g/mol. The molecule has 8 nitrogen and oxygen atoms in total. The molecule has 0 bridgehead atoms. The lowest BCUT2D eigenvalue weighted by Gasteiger charge is -2.46. The average molecular weight is 324 g/mol. The first-order valence-electron chi connectivity index (χ1n) is 5.44. The van der Waals surface area contributed by atoms with E-state index in [9.17, 15) is 22.8 Å². The number of halogens is 1. The Bertz CT molecular complexity index is 638. The van der Waals surface area contributed by atoms with E-state index in [0.717, 1.165) is 6.92 Å². The van der Waals surface area contributed by atoms with Gasteiger partial charge in [0.1, 0.15) is 17.7 Å². The number of sulfone groups is 1. The first-order valence-corrected chi connectivity index (χ1v) is 7.59. The third-order valence-electron chi connectivity index (χ3n) is 2.95. The van der Waals surface area contributed by atoms with Crippen LogP contribution in [0.4, 0.5) is 0 Å². The summed E-state index contributed by atoms with van der Waals surface area (Å²) in [6.45, 7) is 0.602. The summed E-state index contributed by atoms with van der Waals surface area (Å²) in [5.74, 6) is -3.56. The van der Waals surface area contributed by atoms with E-state index in [1.807, 2.05) is 0 Å². The fraction of sp³-hybridized carbons (Fsp3) is 0.500. The van der Waals surface area contributed by atoms with Gasteiger partial charge >= 0.3 is 11.9 Å². The second-order valence-corrected chi connectivity index (χ2v) is 6.91. The molecule has 10 heteroatoms. The molecule has 20 heavy (non-hydrogen) atoms. The lowest BCUT2D eigenvalue weighted by atomic mass is 10.1. The summed E-state index contributed by atoms with van der Waals surface area (Å²) in [4.78, 5) is 34.2. The van der Waals surface area contributed by atoms with Crippen molar-refractivity contribution in [3.63, 3.8) is 0 Å². The zero-order valence-electron chi connectivity index (χ0n) is 10.2. The zero-order valence-corrected chi connectivity index (χ0v) is 11.8. The van der Waals surface area contributed by atoms with E-state index >= 15 is 0 Å². The van der Waals surface area contributed by atoms with Gasteiger partial charge in [-0.25, -0.2) is 13.2 Å². The standard InChI is InChI=1S/C10H10ClNO7S/c1-4(13)19-2-5-3-20(17,18)9-6(11)8(14)12(9)7(5)10(15)16/h6,9H,2-3H2,1H3,(H,15,16). The Labute approximate surface area is 118 Å². The van der Waals surface area contributed by atoms with Crippen molar-refractivity contribution in [2.24, 2.45) is 0 Å². The second-order valence-electron chi connectivity index (χ2n) is 4.35. The number of esters is 1. The molecule has 110 valence electrons. The quantitative estimate of drug-likeness (QED) is 0.406. The van der Waals surface area contributed by atoms with E-state index < -0.39 is 56.5 Å². The number of hydrogen-bond acceptors (Lipinski definition) is 6. The number of hydrogen-bond donors (Lipinski definition) is 1. The van der Waals surface area contributed by atoms with E-state index in [-0.39, 0.29) is 5.57 Å². The van der Waals surface area contributed by atoms with Gasteiger partial charge in [-0.2, -0.15) is 0 Å². The highest BCUT2D eigenvalue weighted by Crippen LogP contribution is 2.39. The molecule has 0 saturated carbocycles. The van der Waals surface area contributed by atoms with Crippen molar-refractivity contribution < 1.29 is 32.6 Å². The number of carbonyl (C=O) groups excluding carboxylic acids is 2. The van der Waals surface area contributed by atoms with Crippen LogP contribution in [0.15, 0.2) is 11.3 Å². The number of ether oxygens (including phenoxy) is 1. The molecule has 1 amide bonds. The van der Waals surface area contributed by atoms with Gasteiger partial charge in [0.2, 0.25) is 5.91 Å². The van der Waals surface area contributed by atoms with Crippen LogP contribution < -0.4 is 0 Å². The molecule has 2 rings (SSSR count). The Morgan fingerprint density at radius 2 is 2.10 bits per heavy atom. The van der Waals surface area contributed by atoms with Crippen molar-refractivity contribution in [3.05, 3.63) is 11.3 Å². The van der Waals surface area contributed by atoms with Gasteiger partial charge in [0.05, 0.1) is 5.75 Å². The van der Waals surface area contributed by atoms with Crippen LogP contribution in [-0.4, -0.2) is 59.4 Å². The van der Waals surface area contributed by atoms with Gasteiger partial charge in [0.25, 0.3) is 0 Å². The summed E-state index contributed by atoms with van der Waals surface area (Å²) in [5, 5.41) is 6.48. The van der Waals surface area contributed by atoms with Crippen LogP contribution in [0, 0.1) is 0 Å². The smallest absolute Gasteiger partial charge is 0.352 e. The van der Waals surface area contributed by atoms with Gasteiger partial charge in [-0.15, -0.1) is 11.6 Å². The molecular weight excluding hydrogens is 314 g/mol. The topological polar surface area (TPSA) is 118 Å². The fourth-order valence-electron chi connectivity index (χ4n) is 2.13. The molecule has 2 atom stereocenters. The van der Waals surface area contributed by atoms with Gasteiger partial charge in [-0.3, -0.25) is 14.5 Å². The minimum atomic E-state index is -3.81. The van der Waals surface area contributed by atoms with Crippen molar-refractivity contribution in [2.45, 2.75) is 17.7 Å². The lowest BCUT2D eigenvalue weighted by Crippen LogP contribution is -2.68. The van der Waals surface area contributed by atoms with Gasteiger partial charge in [-0.1, -0.05) is 0 Å². The van der Waals surface area contributed by atoms with Crippen molar-refractivity contribution in [3.8, 4) is 0 Å². The van der Waals surface area contributed by atoms with Crippen molar-refractivity contribution in [1.82, 2.24) is 4.90 Å². The molecule has 2 unspecified atom stereocenters. The van der Waals surface area contributed by atoms with Crippen LogP contribution in [0.3, 0.4) is 0 Å². The zero-order chi connectivity index (χ0) is 15.2. The molecule has 0 aromatic rings. The molecule has 0 spiro atoms. The second kappa shape index (κ2) is 4.74. The SMILES string of the molecule is CC(=O)OCC1=C(C(=O)O)N2C(=O)C(Cl)C2S(=O)(=O)C1. The Hall–Kier alpha value is -1.61. The fourth-order valence-corrected chi connectivity index (χ4v) is 4.70. The minimum absolute atomic E-state index is 0.152. The highest BCUT2D eigenvalue weighted by Gasteiger charge is 2.59. The number of alkyl halides is 1. The summed E-state index contributed by atoms with van der Waals surface area (Å²) < 4.78 is 28.6. The van der Waals surface area contributed by atoms with Gasteiger partial charge in [0, 0.05) is 12.5 Å². The van der Waals surface area contributed by atoms with Crippen LogP contribution in [0.5, 0.6) is 0 Å². The maximum atomic E-state index is 12.0. The number of fused-ring (bicyclic) bond motifs is 1. The Kier molecular flexibility index (Phi) is 3.51. The van der Waals surface area contributed by atoms with Crippen molar-refractivity contribution >= 4 is 39.3 Å². The molecule has 0 aromatic carbocycles. The molecule has 2 heterocycles. The van der Waals surface area contributed by atoms with Gasteiger partial charge in [0.15, 0.2) is 15.2 Å². The summed E-state index contributed by atoms with van der Waals surface area (Å²) in [6, 6.07) is 0. The molecular formula is C10H10ClNO7S. The maximum Gasteiger partial charge on any atom is 0.352 e. The van der Waals surface area contributed by atoms with E-state index in [2.05, 4.69) is 4.74 Å². The van der Waals surface area contributed by atoms with Crippen molar-refractivity contribution in [2.75, 3.05) is 12.4 Å². The Morgan fingerprint density at radius 1 is 1.50 bits per heavy atom. The molecule has 1 fully saturated rings. The maximum absolute atomic E-state index is 12.0. The normalized spacial score (nSPS) is 27.7. The molecule has 2 aliphatic heterocycles. The number of rotatable bonds is 3. The van der Waals surface area contributed by atoms with Crippen LogP contribution >= 0.6 is 11.6 Å². The molecule has 0 aromatic heterocycles. The number of amides is 1. The number of carbonyl (C=O) groups is 3. The van der Waals surface area contributed by atoms with E-state index in [4.69, 9.17) is 16.7 Å². The van der Waals surface area contributed by atoms with Gasteiger partial charge in [-0.05, 0) is 0 Å². The third-order valence-corrected chi connectivity index (χ3v) is 5.49. The lowest BCUT2D eigenvalue weighted by molar-refractivity contribution is -0.146. The molecule has 1 saturated heterocycles. The molecule has 1 N–H and O–H groups in total. The third kappa shape index (κ3) is 2.16. The summed E-state index contributed by atoms with van der Waals surface area (Å²) in [6.07, 6.45) is 0. The van der Waals surface area contributed by atoms with Crippen LogP contribution in [0.1, 0.15) is 6.92 Å². The number of aliphatic carboxylic acids is 1. The summed E-state index contributed by atoms with van der Waals surface area (Å²) in [5.41, 5.74) is -0.631. The van der Waals surface area contributed by atoms with Crippen LogP contribution in [0.2, 0.25) is 0 Å². The summed E-state index contributed by atoms with van der Waals surface area (Å²) >= 11 is 5.63. The Morgan fingerprint density at radius 3 is 2.60 bits per heavy atom. The van der Waals surface area contributed by atoms with E-state index in [1.54, 1.807) is 0 Å². The van der Waals surface area contributed by atoms with Crippen molar-refractivity contribution in [1.29, 1.82) is 0 Å².